The average Bonchev–Trinajstić information content (AvgIpc) is 2.64. The van der Waals surface area contributed by atoms with Gasteiger partial charge >= 0.3 is 0 Å². The van der Waals surface area contributed by atoms with Crippen LogP contribution in [0.25, 0.3) is 0 Å². The van der Waals surface area contributed by atoms with Crippen molar-refractivity contribution in [2.45, 2.75) is 19.8 Å². The molecule has 2 aromatic rings. The molecule has 5 nitrogen and oxygen atoms in total. The predicted molar refractivity (Wildman–Crippen MR) is 93.9 cm³/mol. The van der Waals surface area contributed by atoms with Gasteiger partial charge in [0.2, 0.25) is 11.8 Å². The van der Waals surface area contributed by atoms with E-state index in [-0.39, 0.29) is 12.3 Å². The summed E-state index contributed by atoms with van der Waals surface area (Å²) in [7, 11) is 0. The third-order valence-corrected chi connectivity index (χ3v) is 3.56. The molecule has 0 aromatic heterocycles. The van der Waals surface area contributed by atoms with E-state index in [2.05, 4.69) is 10.6 Å². The molecule has 0 heterocycles. The Labute approximate surface area is 154 Å². The van der Waals surface area contributed by atoms with Gasteiger partial charge in [0.15, 0.2) is 17.5 Å². The number of anilines is 1. The van der Waals surface area contributed by atoms with Crippen LogP contribution in [0.4, 0.5) is 18.9 Å². The summed E-state index contributed by atoms with van der Waals surface area (Å²) in [6, 6.07) is 9.09. The summed E-state index contributed by atoms with van der Waals surface area (Å²) in [6.07, 6.45) is 0.581. The van der Waals surface area contributed by atoms with Crippen molar-refractivity contribution in [1.29, 1.82) is 0 Å². The topological polar surface area (TPSA) is 67.4 Å². The lowest BCUT2D eigenvalue weighted by molar-refractivity contribution is -0.124. The minimum atomic E-state index is -1.68. The van der Waals surface area contributed by atoms with Gasteiger partial charge in [-0.15, -0.1) is 0 Å². The molecule has 0 saturated carbocycles. The van der Waals surface area contributed by atoms with E-state index in [9.17, 15) is 22.8 Å². The molecule has 0 radical (unpaired) electrons. The largest absolute Gasteiger partial charge is 0.494 e. The van der Waals surface area contributed by atoms with Crippen LogP contribution in [0.3, 0.4) is 0 Å². The number of benzene rings is 2. The molecule has 2 aromatic carbocycles. The lowest BCUT2D eigenvalue weighted by atomic mass is 10.2. The second-order valence-corrected chi connectivity index (χ2v) is 5.82. The summed E-state index contributed by atoms with van der Waals surface area (Å²) in [5, 5.41) is 4.43. The van der Waals surface area contributed by atoms with E-state index >= 15 is 0 Å². The van der Waals surface area contributed by atoms with Gasteiger partial charge in [-0.2, -0.15) is 0 Å². The fraction of sp³-hybridized carbons (Fsp3) is 0.263. The molecule has 0 spiro atoms. The molecular formula is C19H19F3N2O3. The third kappa shape index (κ3) is 6.32. The highest BCUT2D eigenvalue weighted by Crippen LogP contribution is 2.19. The Hall–Kier alpha value is -3.03. The lowest BCUT2D eigenvalue weighted by Gasteiger charge is -2.09. The van der Waals surface area contributed by atoms with Crippen LogP contribution in [-0.4, -0.2) is 25.0 Å². The van der Waals surface area contributed by atoms with Crippen LogP contribution in [0, 0.1) is 24.4 Å². The minimum Gasteiger partial charge on any atom is -0.494 e. The van der Waals surface area contributed by atoms with Crippen molar-refractivity contribution in [3.05, 3.63) is 59.4 Å². The summed E-state index contributed by atoms with van der Waals surface area (Å²) in [6.45, 7) is 1.86. The van der Waals surface area contributed by atoms with Gasteiger partial charge in [0, 0.05) is 6.42 Å². The summed E-state index contributed by atoms with van der Waals surface area (Å²) in [5.41, 5.74) is 0.563. The number of hydrogen-bond donors (Lipinski definition) is 2. The Morgan fingerprint density at radius 2 is 1.81 bits per heavy atom. The second kappa shape index (κ2) is 9.61. The zero-order valence-corrected chi connectivity index (χ0v) is 14.7. The zero-order valence-electron chi connectivity index (χ0n) is 14.7. The molecular weight excluding hydrogens is 361 g/mol. The monoisotopic (exact) mass is 380 g/mol. The average molecular weight is 380 g/mol. The number of hydrogen-bond acceptors (Lipinski definition) is 3. The molecule has 0 saturated heterocycles. The first-order chi connectivity index (χ1) is 12.9. The Bertz CT molecular complexity index is 828. The van der Waals surface area contributed by atoms with Gasteiger partial charge in [-0.05, 0) is 43.2 Å². The maximum absolute atomic E-state index is 13.5. The highest BCUT2D eigenvalue weighted by molar-refractivity contribution is 5.94. The Kier molecular flexibility index (Phi) is 7.22. The fourth-order valence-electron chi connectivity index (χ4n) is 2.21. The van der Waals surface area contributed by atoms with Crippen LogP contribution in [0.2, 0.25) is 0 Å². The fourth-order valence-corrected chi connectivity index (χ4v) is 2.21. The Morgan fingerprint density at radius 1 is 1.04 bits per heavy atom. The second-order valence-electron chi connectivity index (χ2n) is 5.82. The van der Waals surface area contributed by atoms with Crippen LogP contribution >= 0.6 is 0 Å². The molecule has 0 unspecified atom stereocenters. The SMILES string of the molecule is Cc1cccc(OCCCC(=O)NCC(=O)Nc2ccc(F)c(F)c2F)c1. The standard InChI is InChI=1S/C19H19F3N2O3/c1-12-4-2-5-13(10-12)27-9-3-6-16(25)23-11-17(26)24-15-8-7-14(20)18(21)19(15)22/h2,4-5,7-8,10H,3,6,9,11H2,1H3,(H,23,25)(H,24,26). The van der Waals surface area contributed by atoms with Gasteiger partial charge in [0.1, 0.15) is 5.75 Å². The van der Waals surface area contributed by atoms with Gasteiger partial charge in [-0.1, -0.05) is 12.1 Å². The van der Waals surface area contributed by atoms with E-state index in [1.54, 1.807) is 0 Å². The van der Waals surface area contributed by atoms with E-state index in [0.717, 1.165) is 11.6 Å². The molecule has 2 N–H and O–H groups in total. The molecule has 0 aliphatic carbocycles. The van der Waals surface area contributed by atoms with Crippen LogP contribution in [0.1, 0.15) is 18.4 Å². The molecule has 0 atom stereocenters. The zero-order chi connectivity index (χ0) is 19.8. The molecule has 0 bridgehead atoms. The van der Waals surface area contributed by atoms with E-state index in [1.165, 1.54) is 0 Å². The van der Waals surface area contributed by atoms with Crippen molar-refractivity contribution >= 4 is 17.5 Å². The van der Waals surface area contributed by atoms with Gasteiger partial charge in [-0.25, -0.2) is 13.2 Å². The van der Waals surface area contributed by atoms with E-state index < -0.39 is 35.6 Å². The third-order valence-electron chi connectivity index (χ3n) is 3.56. The number of nitrogens with one attached hydrogen (secondary N) is 2. The van der Waals surface area contributed by atoms with Crippen molar-refractivity contribution in [3.63, 3.8) is 0 Å². The van der Waals surface area contributed by atoms with E-state index in [0.29, 0.717) is 24.8 Å². The van der Waals surface area contributed by atoms with Crippen LogP contribution in [0.15, 0.2) is 36.4 Å². The van der Waals surface area contributed by atoms with Gasteiger partial charge in [-0.3, -0.25) is 9.59 Å². The van der Waals surface area contributed by atoms with Crippen molar-refractivity contribution < 1.29 is 27.5 Å². The summed E-state index contributed by atoms with van der Waals surface area (Å²) in [4.78, 5) is 23.4. The first-order valence-electron chi connectivity index (χ1n) is 8.26. The molecule has 144 valence electrons. The van der Waals surface area contributed by atoms with Crippen LogP contribution in [0.5, 0.6) is 5.75 Å². The highest BCUT2D eigenvalue weighted by atomic mass is 19.2. The number of carbonyl (C=O) groups is 2. The Balaban J connectivity index is 1.68. The molecule has 2 amide bonds. The first-order valence-corrected chi connectivity index (χ1v) is 8.26. The summed E-state index contributed by atoms with van der Waals surface area (Å²) < 4.78 is 44.9. The van der Waals surface area contributed by atoms with Crippen molar-refractivity contribution in [2.75, 3.05) is 18.5 Å². The van der Waals surface area contributed by atoms with E-state index in [4.69, 9.17) is 4.74 Å². The molecule has 8 heteroatoms. The van der Waals surface area contributed by atoms with Crippen molar-refractivity contribution in [2.24, 2.45) is 0 Å². The van der Waals surface area contributed by atoms with Crippen molar-refractivity contribution in [3.8, 4) is 5.75 Å². The van der Waals surface area contributed by atoms with Crippen LogP contribution in [-0.2, 0) is 9.59 Å². The van der Waals surface area contributed by atoms with Gasteiger partial charge in [0.05, 0.1) is 18.8 Å². The number of rotatable bonds is 8. The van der Waals surface area contributed by atoms with Gasteiger partial charge < -0.3 is 15.4 Å². The smallest absolute Gasteiger partial charge is 0.243 e. The first kappa shape index (κ1) is 20.3. The minimum absolute atomic E-state index is 0.138. The number of amides is 2. The normalized spacial score (nSPS) is 10.4. The van der Waals surface area contributed by atoms with Crippen LogP contribution < -0.4 is 15.4 Å². The Morgan fingerprint density at radius 3 is 2.56 bits per heavy atom. The number of carbonyl (C=O) groups excluding carboxylic acids is 2. The number of aryl methyl sites for hydroxylation is 1. The molecule has 0 aliphatic rings. The quantitative estimate of drug-likeness (QED) is 0.545. The van der Waals surface area contributed by atoms with Gasteiger partial charge in [0.25, 0.3) is 0 Å². The predicted octanol–water partition coefficient (Wildman–Crippen LogP) is 3.33. The molecule has 0 aliphatic heterocycles. The molecule has 0 fully saturated rings. The lowest BCUT2D eigenvalue weighted by Crippen LogP contribution is -2.33. The highest BCUT2D eigenvalue weighted by Gasteiger charge is 2.15. The molecule has 27 heavy (non-hydrogen) atoms. The summed E-state index contributed by atoms with van der Waals surface area (Å²) >= 11 is 0. The van der Waals surface area contributed by atoms with Crippen molar-refractivity contribution in [1.82, 2.24) is 5.32 Å². The maximum atomic E-state index is 13.5. The summed E-state index contributed by atoms with van der Waals surface area (Å²) in [5.74, 6) is -4.96. The number of halogens is 3. The number of ether oxygens (including phenoxy) is 1. The molecule has 2 rings (SSSR count). The maximum Gasteiger partial charge on any atom is 0.243 e. The van der Waals surface area contributed by atoms with E-state index in [1.807, 2.05) is 31.2 Å².